The minimum Gasteiger partial charge on any atom is -0.384 e. The number of hydrogen-bond acceptors (Lipinski definition) is 7. The molecule has 1 aliphatic heterocycles. The van der Waals surface area contributed by atoms with E-state index >= 15 is 0 Å². The van der Waals surface area contributed by atoms with Crippen molar-refractivity contribution >= 4 is 23.2 Å². The number of anilines is 2. The molecular weight excluding hydrogens is 412 g/mol. The van der Waals surface area contributed by atoms with E-state index in [-0.39, 0.29) is 0 Å². The number of nitrogens with zero attached hydrogens (tertiary/aromatic N) is 7. The Labute approximate surface area is 188 Å². The molecule has 0 radical (unpaired) electrons. The van der Waals surface area contributed by atoms with Gasteiger partial charge in [0, 0.05) is 19.6 Å². The Morgan fingerprint density at radius 2 is 1.87 bits per heavy atom. The fourth-order valence-electron chi connectivity index (χ4n) is 4.22. The zero-order chi connectivity index (χ0) is 21.6. The highest BCUT2D eigenvalue weighted by molar-refractivity contribution is 6.30. The second-order valence-corrected chi connectivity index (χ2v) is 8.76. The molecule has 0 amide bonds. The van der Waals surface area contributed by atoms with Crippen LogP contribution in [0.3, 0.4) is 0 Å². The van der Waals surface area contributed by atoms with Crippen LogP contribution in [0.5, 0.6) is 0 Å². The first-order valence-electron chi connectivity index (χ1n) is 10.9. The van der Waals surface area contributed by atoms with Crippen molar-refractivity contribution in [2.24, 2.45) is 17.8 Å². The second kappa shape index (κ2) is 10.0. The van der Waals surface area contributed by atoms with Gasteiger partial charge in [0.1, 0.15) is 12.7 Å². The summed E-state index contributed by atoms with van der Waals surface area (Å²) in [5.74, 6) is 3.62. The highest BCUT2D eigenvalue weighted by atomic mass is 35.5. The molecule has 0 bridgehead atoms. The molecule has 1 fully saturated rings. The Morgan fingerprint density at radius 1 is 1.10 bits per heavy atom. The van der Waals surface area contributed by atoms with Crippen LogP contribution in [0.2, 0.25) is 5.02 Å². The van der Waals surface area contributed by atoms with Crippen molar-refractivity contribution < 1.29 is 0 Å². The van der Waals surface area contributed by atoms with Crippen molar-refractivity contribution in [1.82, 2.24) is 29.7 Å². The van der Waals surface area contributed by atoms with E-state index < -0.39 is 0 Å². The summed E-state index contributed by atoms with van der Waals surface area (Å²) in [5.41, 5.74) is 1.03. The average Bonchev–Trinajstić information content (AvgIpc) is 3.35. The zero-order valence-corrected chi connectivity index (χ0v) is 18.8. The lowest BCUT2D eigenvalue weighted by molar-refractivity contribution is 0.216. The Balaban J connectivity index is 1.20. The molecule has 1 aliphatic rings. The number of hydrogen-bond donors (Lipinski definition) is 1. The van der Waals surface area contributed by atoms with Gasteiger partial charge in [0.2, 0.25) is 5.95 Å². The summed E-state index contributed by atoms with van der Waals surface area (Å²) in [6.07, 6.45) is 11.8. The summed E-state index contributed by atoms with van der Waals surface area (Å²) in [4.78, 5) is 19.4. The van der Waals surface area contributed by atoms with E-state index in [9.17, 15) is 0 Å². The van der Waals surface area contributed by atoms with Gasteiger partial charge >= 0.3 is 0 Å². The molecule has 0 spiro atoms. The third-order valence-electron chi connectivity index (χ3n) is 6.40. The van der Waals surface area contributed by atoms with Crippen LogP contribution in [0.4, 0.5) is 11.6 Å². The van der Waals surface area contributed by atoms with E-state index in [1.54, 1.807) is 23.4 Å². The number of pyridine rings is 1. The molecule has 1 N–H and O–H groups in total. The minimum atomic E-state index is 0.580. The van der Waals surface area contributed by atoms with Crippen LogP contribution in [-0.2, 0) is 0 Å². The fraction of sp³-hybridized carbons (Fsp3) is 0.500. The topological polar surface area (TPSA) is 84.7 Å². The molecule has 0 aliphatic carbocycles. The fourth-order valence-corrected chi connectivity index (χ4v) is 4.32. The first-order chi connectivity index (χ1) is 15.1. The van der Waals surface area contributed by atoms with Crippen LogP contribution < -0.4 is 10.2 Å². The van der Waals surface area contributed by atoms with Crippen molar-refractivity contribution in [2.45, 2.75) is 33.1 Å². The number of aromatic nitrogens is 6. The van der Waals surface area contributed by atoms with E-state index in [1.807, 2.05) is 18.3 Å². The molecule has 4 rings (SSSR count). The van der Waals surface area contributed by atoms with Gasteiger partial charge < -0.3 is 10.2 Å². The van der Waals surface area contributed by atoms with Crippen molar-refractivity contribution in [2.75, 3.05) is 29.9 Å². The van der Waals surface area contributed by atoms with Crippen molar-refractivity contribution in [3.63, 3.8) is 0 Å². The number of nitrogens with one attached hydrogen (secondary N) is 1. The lowest BCUT2D eigenvalue weighted by Gasteiger charge is -2.37. The average molecular weight is 441 g/mol. The van der Waals surface area contributed by atoms with Crippen LogP contribution in [0.1, 0.15) is 33.1 Å². The van der Waals surface area contributed by atoms with Gasteiger partial charge in [-0.1, -0.05) is 25.4 Å². The van der Waals surface area contributed by atoms with Crippen LogP contribution >= 0.6 is 11.6 Å². The molecule has 2 atom stereocenters. The molecule has 164 valence electrons. The summed E-state index contributed by atoms with van der Waals surface area (Å²) < 4.78 is 1.65. The van der Waals surface area contributed by atoms with Gasteiger partial charge in [-0.15, -0.1) is 0 Å². The predicted molar refractivity (Wildman–Crippen MR) is 123 cm³/mol. The lowest BCUT2D eigenvalue weighted by atomic mass is 9.77. The first kappa shape index (κ1) is 21.5. The maximum atomic E-state index is 5.90. The highest BCUT2D eigenvalue weighted by Gasteiger charge is 2.27. The standard InChI is InChI=1S/C22H29ClN8/c1-16(5-8-25-20-3-4-21(26-13-20)31-15-24-14-29-31)17(2)18-6-9-30(10-7-18)22-27-11-19(23)12-28-22/h3-4,11-18,25H,5-10H2,1-2H3. The van der Waals surface area contributed by atoms with Crippen LogP contribution in [-0.4, -0.2) is 49.4 Å². The van der Waals surface area contributed by atoms with Crippen molar-refractivity contribution in [3.05, 3.63) is 48.4 Å². The van der Waals surface area contributed by atoms with Gasteiger partial charge in [-0.2, -0.15) is 5.10 Å². The SMILES string of the molecule is CC(CCNc1ccc(-n2cncn2)nc1)C(C)C1CCN(c2ncc(Cl)cn2)CC1. The van der Waals surface area contributed by atoms with E-state index in [4.69, 9.17) is 11.6 Å². The Hall–Kier alpha value is -2.74. The first-order valence-corrected chi connectivity index (χ1v) is 11.3. The summed E-state index contributed by atoms with van der Waals surface area (Å²) in [7, 11) is 0. The molecule has 3 aromatic heterocycles. The number of rotatable bonds is 8. The summed E-state index contributed by atoms with van der Waals surface area (Å²) in [5, 5.41) is 8.17. The van der Waals surface area contributed by atoms with E-state index in [1.165, 1.54) is 19.2 Å². The normalized spacial score (nSPS) is 16.8. The molecule has 9 heteroatoms. The molecule has 4 heterocycles. The second-order valence-electron chi connectivity index (χ2n) is 8.32. The molecule has 2 unspecified atom stereocenters. The largest absolute Gasteiger partial charge is 0.384 e. The van der Waals surface area contributed by atoms with Gasteiger partial charge in [0.25, 0.3) is 0 Å². The third kappa shape index (κ3) is 5.50. The molecule has 1 saturated heterocycles. The van der Waals surface area contributed by atoms with Crippen molar-refractivity contribution in [3.8, 4) is 5.82 Å². The lowest BCUT2D eigenvalue weighted by Crippen LogP contribution is -2.38. The molecule has 8 nitrogen and oxygen atoms in total. The van der Waals surface area contributed by atoms with Gasteiger partial charge in [-0.05, 0) is 49.1 Å². The van der Waals surface area contributed by atoms with Gasteiger partial charge in [-0.3, -0.25) is 0 Å². The van der Waals surface area contributed by atoms with Gasteiger partial charge in [0.15, 0.2) is 5.82 Å². The number of halogens is 1. The predicted octanol–water partition coefficient (Wildman–Crippen LogP) is 4.10. The van der Waals surface area contributed by atoms with Crippen LogP contribution in [0.25, 0.3) is 5.82 Å². The maximum Gasteiger partial charge on any atom is 0.225 e. The Bertz CT molecular complexity index is 921. The molecular formula is C22H29ClN8. The third-order valence-corrected chi connectivity index (χ3v) is 6.60. The van der Waals surface area contributed by atoms with Crippen LogP contribution in [0, 0.1) is 17.8 Å². The van der Waals surface area contributed by atoms with Crippen LogP contribution in [0.15, 0.2) is 43.4 Å². The smallest absolute Gasteiger partial charge is 0.225 e. The van der Waals surface area contributed by atoms with Gasteiger partial charge in [-0.25, -0.2) is 24.6 Å². The van der Waals surface area contributed by atoms with E-state index in [0.717, 1.165) is 49.4 Å². The quantitative estimate of drug-likeness (QED) is 0.564. The molecule has 3 aromatic rings. The Morgan fingerprint density at radius 3 is 2.52 bits per heavy atom. The zero-order valence-electron chi connectivity index (χ0n) is 18.0. The summed E-state index contributed by atoms with van der Waals surface area (Å²) in [6.45, 7) is 7.72. The van der Waals surface area contributed by atoms with Crippen molar-refractivity contribution in [1.29, 1.82) is 0 Å². The minimum absolute atomic E-state index is 0.580. The number of piperidine rings is 1. The maximum absolute atomic E-state index is 5.90. The molecule has 31 heavy (non-hydrogen) atoms. The monoisotopic (exact) mass is 440 g/mol. The Kier molecular flexibility index (Phi) is 6.96. The van der Waals surface area contributed by atoms with E-state index in [2.05, 4.69) is 49.1 Å². The summed E-state index contributed by atoms with van der Waals surface area (Å²) in [6, 6.07) is 3.98. The molecule has 0 saturated carbocycles. The summed E-state index contributed by atoms with van der Waals surface area (Å²) >= 11 is 5.90. The molecule has 0 aromatic carbocycles. The van der Waals surface area contributed by atoms with E-state index in [0.29, 0.717) is 16.9 Å². The highest BCUT2D eigenvalue weighted by Crippen LogP contribution is 2.32. The van der Waals surface area contributed by atoms with Gasteiger partial charge in [0.05, 0.1) is 29.3 Å².